The van der Waals surface area contributed by atoms with Crippen LogP contribution in [0.1, 0.15) is 19.4 Å². The summed E-state index contributed by atoms with van der Waals surface area (Å²) in [5, 5.41) is 0.576. The van der Waals surface area contributed by atoms with Crippen LogP contribution in [0.4, 0.5) is 5.69 Å². The predicted molar refractivity (Wildman–Crippen MR) is 92.1 cm³/mol. The summed E-state index contributed by atoms with van der Waals surface area (Å²) in [7, 11) is 2.06. The Morgan fingerprint density at radius 2 is 1.86 bits per heavy atom. The first-order valence-corrected chi connectivity index (χ1v) is 7.64. The number of halogens is 1. The molecule has 0 bridgehead atoms. The van der Waals surface area contributed by atoms with Crippen molar-refractivity contribution in [3.63, 3.8) is 0 Å². The van der Waals surface area contributed by atoms with Gasteiger partial charge in [0.2, 0.25) is 0 Å². The van der Waals surface area contributed by atoms with Crippen LogP contribution in [-0.4, -0.2) is 12.8 Å². The molecule has 1 heterocycles. The molecule has 0 spiro atoms. The highest BCUT2D eigenvalue weighted by atomic mass is 35.5. The van der Waals surface area contributed by atoms with Gasteiger partial charge in [0.25, 0.3) is 0 Å². The van der Waals surface area contributed by atoms with Crippen molar-refractivity contribution in [2.75, 3.05) is 11.9 Å². The molecule has 0 atom stereocenters. The minimum Gasteiger partial charge on any atom is -0.347 e. The Bertz CT molecular complexity index is 765. The second-order valence-electron chi connectivity index (χ2n) is 6.10. The van der Waals surface area contributed by atoms with E-state index in [2.05, 4.69) is 44.0 Å². The Balaban J connectivity index is 2.03. The summed E-state index contributed by atoms with van der Waals surface area (Å²) < 4.78 is 0. The zero-order chi connectivity index (χ0) is 15.9. The van der Waals surface area contributed by atoms with Gasteiger partial charge in [-0.15, -0.1) is 0 Å². The number of allylic oxidation sites excluding steroid dienone is 8. The van der Waals surface area contributed by atoms with Crippen LogP contribution >= 0.6 is 11.6 Å². The van der Waals surface area contributed by atoms with Gasteiger partial charge in [0, 0.05) is 34.5 Å². The quantitative estimate of drug-likeness (QED) is 0.712. The Kier molecular flexibility index (Phi) is 3.57. The van der Waals surface area contributed by atoms with Crippen LogP contribution in [-0.2, 0) is 10.2 Å². The van der Waals surface area contributed by atoms with E-state index in [1.165, 1.54) is 17.3 Å². The van der Waals surface area contributed by atoms with Crippen LogP contribution in [0.3, 0.4) is 0 Å². The zero-order valence-electron chi connectivity index (χ0n) is 12.9. The molecule has 2 aliphatic rings. The van der Waals surface area contributed by atoms with E-state index in [0.29, 0.717) is 10.6 Å². The molecule has 0 saturated carbocycles. The fraction of sp³-hybridized carbons (Fsp3) is 0.211. The van der Waals surface area contributed by atoms with E-state index in [0.717, 1.165) is 5.70 Å². The number of hydrogen-bond acceptors (Lipinski definition) is 2. The largest absolute Gasteiger partial charge is 0.347 e. The van der Waals surface area contributed by atoms with Crippen molar-refractivity contribution in [1.29, 1.82) is 0 Å². The summed E-state index contributed by atoms with van der Waals surface area (Å²) >= 11 is 5.98. The Morgan fingerprint density at radius 3 is 2.59 bits per heavy atom. The topological polar surface area (TPSA) is 20.3 Å². The molecule has 0 saturated heterocycles. The van der Waals surface area contributed by atoms with Crippen molar-refractivity contribution in [3.05, 3.63) is 76.5 Å². The fourth-order valence-corrected chi connectivity index (χ4v) is 3.30. The summed E-state index contributed by atoms with van der Waals surface area (Å²) in [6, 6.07) is 8.39. The van der Waals surface area contributed by atoms with Crippen LogP contribution in [0.5, 0.6) is 0 Å². The van der Waals surface area contributed by atoms with E-state index in [-0.39, 0.29) is 11.2 Å². The molecule has 3 rings (SSSR count). The molecular weight excluding hydrogens is 294 g/mol. The molecule has 0 fully saturated rings. The fourth-order valence-electron chi connectivity index (χ4n) is 3.12. The highest BCUT2D eigenvalue weighted by Crippen LogP contribution is 2.46. The first kappa shape index (κ1) is 14.9. The van der Waals surface area contributed by atoms with Gasteiger partial charge in [0.1, 0.15) is 0 Å². The second-order valence-corrected chi connectivity index (χ2v) is 6.54. The number of anilines is 1. The normalized spacial score (nSPS) is 23.2. The number of benzene rings is 1. The third-order valence-corrected chi connectivity index (χ3v) is 4.57. The molecule has 0 unspecified atom stereocenters. The summed E-state index contributed by atoms with van der Waals surface area (Å²) in [4.78, 5) is 14.1. The van der Waals surface area contributed by atoms with Crippen LogP contribution in [0.2, 0.25) is 0 Å². The SMILES string of the molecule is CN1/C(=C\C=C2\C=C(Cl)C=CC2=O)C(C)(C)c2ccccc21. The third kappa shape index (κ3) is 2.34. The number of carbonyl (C=O) groups is 1. The molecule has 0 radical (unpaired) electrons. The standard InChI is InChI=1S/C19H18ClNO/c1-19(2)15-6-4-5-7-16(15)21(3)18(19)11-8-13-12-14(20)9-10-17(13)22/h4-12H,1-3H3/b13-8-,18-11-. The Morgan fingerprint density at radius 1 is 1.14 bits per heavy atom. The molecule has 1 aromatic carbocycles. The van der Waals surface area contributed by atoms with E-state index in [1.807, 2.05) is 18.2 Å². The van der Waals surface area contributed by atoms with Crippen LogP contribution in [0, 0.1) is 0 Å². The maximum absolute atomic E-state index is 11.9. The lowest BCUT2D eigenvalue weighted by atomic mass is 9.83. The molecule has 2 nitrogen and oxygen atoms in total. The number of nitrogens with zero attached hydrogens (tertiary/aromatic N) is 1. The lowest BCUT2D eigenvalue weighted by Gasteiger charge is -2.23. The van der Waals surface area contributed by atoms with Crippen molar-refractivity contribution in [2.24, 2.45) is 0 Å². The van der Waals surface area contributed by atoms with Crippen molar-refractivity contribution >= 4 is 23.1 Å². The van der Waals surface area contributed by atoms with Gasteiger partial charge >= 0.3 is 0 Å². The molecule has 3 heteroatoms. The average molecular weight is 312 g/mol. The van der Waals surface area contributed by atoms with E-state index < -0.39 is 0 Å². The smallest absolute Gasteiger partial charge is 0.185 e. The molecule has 112 valence electrons. The van der Waals surface area contributed by atoms with E-state index >= 15 is 0 Å². The number of hydrogen-bond donors (Lipinski definition) is 0. The molecule has 0 aromatic heterocycles. The maximum atomic E-state index is 11.9. The minimum atomic E-state index is -0.0938. The zero-order valence-corrected chi connectivity index (χ0v) is 13.7. The highest BCUT2D eigenvalue weighted by Gasteiger charge is 2.37. The average Bonchev–Trinajstić information content (AvgIpc) is 2.68. The molecule has 22 heavy (non-hydrogen) atoms. The lowest BCUT2D eigenvalue weighted by molar-refractivity contribution is -0.111. The van der Waals surface area contributed by atoms with Gasteiger partial charge in [0.15, 0.2) is 5.78 Å². The number of carbonyl (C=O) groups excluding carboxylic acids is 1. The summed E-state index contributed by atoms with van der Waals surface area (Å²) in [5.41, 5.74) is 4.18. The lowest BCUT2D eigenvalue weighted by Crippen LogP contribution is -2.22. The summed E-state index contributed by atoms with van der Waals surface area (Å²) in [5.74, 6) is -0.0165. The van der Waals surface area contributed by atoms with Gasteiger partial charge in [-0.25, -0.2) is 0 Å². The highest BCUT2D eigenvalue weighted by molar-refractivity contribution is 6.33. The Labute approximate surface area is 136 Å². The number of fused-ring (bicyclic) bond motifs is 1. The van der Waals surface area contributed by atoms with Gasteiger partial charge in [-0.1, -0.05) is 43.6 Å². The maximum Gasteiger partial charge on any atom is 0.185 e. The number of para-hydroxylation sites is 1. The summed E-state index contributed by atoms with van der Waals surface area (Å²) in [6.45, 7) is 4.40. The molecule has 0 amide bonds. The van der Waals surface area contributed by atoms with Gasteiger partial charge in [-0.2, -0.15) is 0 Å². The van der Waals surface area contributed by atoms with Crippen LogP contribution in [0.15, 0.2) is 70.9 Å². The van der Waals surface area contributed by atoms with Crippen molar-refractivity contribution in [3.8, 4) is 0 Å². The van der Waals surface area contributed by atoms with E-state index in [4.69, 9.17) is 11.6 Å². The van der Waals surface area contributed by atoms with Gasteiger partial charge < -0.3 is 4.90 Å². The van der Waals surface area contributed by atoms with Crippen LogP contribution in [0.25, 0.3) is 0 Å². The molecule has 0 N–H and O–H groups in total. The van der Waals surface area contributed by atoms with Gasteiger partial charge in [-0.3, -0.25) is 4.79 Å². The molecule has 1 aliphatic carbocycles. The summed E-state index contributed by atoms with van der Waals surface area (Å²) in [6.07, 6.45) is 8.71. The predicted octanol–water partition coefficient (Wildman–Crippen LogP) is 4.49. The van der Waals surface area contributed by atoms with Gasteiger partial charge in [-0.05, 0) is 42.0 Å². The first-order valence-electron chi connectivity index (χ1n) is 7.26. The molecule has 1 aromatic rings. The van der Waals surface area contributed by atoms with Gasteiger partial charge in [0.05, 0.1) is 0 Å². The third-order valence-electron chi connectivity index (χ3n) is 4.33. The second kappa shape index (κ2) is 5.29. The van der Waals surface area contributed by atoms with Crippen molar-refractivity contribution in [1.82, 2.24) is 0 Å². The minimum absolute atomic E-state index is 0.0165. The van der Waals surface area contributed by atoms with Crippen LogP contribution < -0.4 is 4.90 Å². The number of likely N-dealkylation sites (N-methyl/N-ethyl adjacent to an activating group) is 1. The van der Waals surface area contributed by atoms with E-state index in [1.54, 1.807) is 12.2 Å². The molecular formula is C19H18ClNO. The monoisotopic (exact) mass is 311 g/mol. The first-order chi connectivity index (χ1) is 10.4. The Hall–Kier alpha value is -2.06. The van der Waals surface area contributed by atoms with Crippen molar-refractivity contribution < 1.29 is 4.79 Å². The number of ketones is 1. The van der Waals surface area contributed by atoms with E-state index in [9.17, 15) is 4.79 Å². The molecule has 1 aliphatic heterocycles. The van der Waals surface area contributed by atoms with Crippen molar-refractivity contribution in [2.45, 2.75) is 19.3 Å². The number of rotatable bonds is 1.